The van der Waals surface area contributed by atoms with Crippen molar-refractivity contribution in [2.75, 3.05) is 26.2 Å². The Hall–Kier alpha value is -1.18. The molecule has 0 spiro atoms. The standard InChI is InChI=1S/C16H12BS4.C16H36N/c1-5-13(18-9-1)17(14-6-2-10-19-14,15-7-3-11-20-15)16-8-4-12-21-16;1-5-9-13-17(14-10-6-2,15-11-7-3)16-12-8-4/h1-12H;5-16H2,1-4H3/q-1;+1. The molecule has 0 fully saturated rings. The highest BCUT2D eigenvalue weighted by molar-refractivity contribution is 7.52. The van der Waals surface area contributed by atoms with Gasteiger partial charge in [-0.2, -0.15) is 45.3 Å². The van der Waals surface area contributed by atoms with E-state index in [4.69, 9.17) is 0 Å². The smallest absolute Gasteiger partial charge is 0.149 e. The van der Waals surface area contributed by atoms with Crippen molar-refractivity contribution >= 4 is 70.6 Å². The maximum absolute atomic E-state index is 2.33. The highest BCUT2D eigenvalue weighted by atomic mass is 32.1. The fourth-order valence-corrected chi connectivity index (χ4v) is 10.3. The summed E-state index contributed by atoms with van der Waals surface area (Å²) >= 11 is 7.49. The summed E-state index contributed by atoms with van der Waals surface area (Å²) in [7, 11) is 0. The average Bonchev–Trinajstić information content (AvgIpc) is 3.78. The summed E-state index contributed by atoms with van der Waals surface area (Å²) in [6, 6.07) is 17.9. The molecule has 0 aliphatic rings. The van der Waals surface area contributed by atoms with Crippen molar-refractivity contribution in [2.45, 2.75) is 79.1 Å². The summed E-state index contributed by atoms with van der Waals surface area (Å²) < 4.78 is 7.26. The van der Waals surface area contributed by atoms with E-state index in [1.807, 2.05) is 45.3 Å². The lowest BCUT2D eigenvalue weighted by molar-refractivity contribution is -0.929. The summed E-state index contributed by atoms with van der Waals surface area (Å²) in [6.45, 7) is 15.0. The van der Waals surface area contributed by atoms with Crippen LogP contribution in [-0.4, -0.2) is 36.8 Å². The first kappa shape index (κ1) is 31.4. The average molecular weight is 586 g/mol. The fraction of sp³-hybridized carbons (Fsp3) is 0.500. The minimum absolute atomic E-state index is 0.981. The van der Waals surface area contributed by atoms with E-state index in [2.05, 4.69) is 97.7 Å². The molecular weight excluding hydrogens is 537 g/mol. The zero-order valence-electron chi connectivity index (χ0n) is 24.1. The predicted octanol–water partition coefficient (Wildman–Crippen LogP) is 8.31. The van der Waals surface area contributed by atoms with Crippen LogP contribution in [0.4, 0.5) is 0 Å². The van der Waals surface area contributed by atoms with Crippen molar-refractivity contribution in [3.05, 3.63) is 70.1 Å². The molecule has 0 bridgehead atoms. The zero-order valence-corrected chi connectivity index (χ0v) is 27.3. The van der Waals surface area contributed by atoms with Gasteiger partial charge in [-0.3, -0.25) is 0 Å². The minimum atomic E-state index is -0.981. The Bertz CT molecular complexity index is 889. The van der Waals surface area contributed by atoms with Crippen LogP contribution in [0.1, 0.15) is 79.1 Å². The first-order valence-corrected chi connectivity index (χ1v) is 18.3. The Morgan fingerprint density at radius 2 is 0.737 bits per heavy atom. The Labute approximate surface area is 249 Å². The molecular formula is C32H48BNS4. The molecule has 0 aliphatic heterocycles. The molecule has 208 valence electrons. The normalized spacial score (nSPS) is 11.9. The number of nitrogens with zero attached hydrogens (tertiary/aromatic N) is 1. The monoisotopic (exact) mass is 585 g/mol. The fourth-order valence-electron chi connectivity index (χ4n) is 5.64. The van der Waals surface area contributed by atoms with E-state index >= 15 is 0 Å². The van der Waals surface area contributed by atoms with Crippen LogP contribution < -0.4 is 19.1 Å². The third-order valence-electron chi connectivity index (χ3n) is 7.82. The van der Waals surface area contributed by atoms with Crippen LogP contribution >= 0.6 is 45.3 Å². The van der Waals surface area contributed by atoms with Crippen molar-refractivity contribution in [2.24, 2.45) is 0 Å². The van der Waals surface area contributed by atoms with Crippen LogP contribution in [0.15, 0.2) is 70.1 Å². The SMILES string of the molecule is CCCC[N+](CCCC)(CCCC)CCCC.c1csc([B-](c2cccs2)(c2cccs2)c2cccs2)c1. The van der Waals surface area contributed by atoms with Gasteiger partial charge in [0.15, 0.2) is 0 Å². The predicted molar refractivity (Wildman–Crippen MR) is 181 cm³/mol. The van der Waals surface area contributed by atoms with Gasteiger partial charge in [-0.25, -0.2) is 0 Å². The second-order valence-electron chi connectivity index (χ2n) is 10.6. The van der Waals surface area contributed by atoms with Crippen LogP contribution in [0, 0.1) is 0 Å². The molecule has 4 heterocycles. The van der Waals surface area contributed by atoms with Gasteiger partial charge in [0.05, 0.1) is 26.2 Å². The van der Waals surface area contributed by atoms with Gasteiger partial charge < -0.3 is 4.48 Å². The van der Waals surface area contributed by atoms with Gasteiger partial charge in [0.1, 0.15) is 6.15 Å². The van der Waals surface area contributed by atoms with Crippen LogP contribution in [0.5, 0.6) is 0 Å². The molecule has 0 radical (unpaired) electrons. The Balaban J connectivity index is 0.000000217. The maximum atomic E-state index is 2.33. The van der Waals surface area contributed by atoms with Gasteiger partial charge in [-0.15, -0.1) is 19.1 Å². The van der Waals surface area contributed by atoms with Crippen molar-refractivity contribution < 1.29 is 4.48 Å². The van der Waals surface area contributed by atoms with Crippen LogP contribution in [0.3, 0.4) is 0 Å². The molecule has 0 aliphatic carbocycles. The molecule has 4 rings (SSSR count). The molecule has 38 heavy (non-hydrogen) atoms. The number of rotatable bonds is 16. The molecule has 1 nitrogen and oxygen atoms in total. The van der Waals surface area contributed by atoms with Crippen LogP contribution in [0.2, 0.25) is 0 Å². The summed E-state index contributed by atoms with van der Waals surface area (Å²) in [4.78, 5) is 0. The van der Waals surface area contributed by atoms with Gasteiger partial charge in [0.25, 0.3) is 0 Å². The number of quaternary nitrogens is 1. The van der Waals surface area contributed by atoms with Crippen molar-refractivity contribution in [1.82, 2.24) is 0 Å². The molecule has 0 saturated carbocycles. The molecule has 0 saturated heterocycles. The van der Waals surface area contributed by atoms with E-state index in [0.717, 1.165) is 0 Å². The topological polar surface area (TPSA) is 0 Å². The second-order valence-corrected chi connectivity index (χ2v) is 14.5. The van der Waals surface area contributed by atoms with Gasteiger partial charge >= 0.3 is 0 Å². The zero-order chi connectivity index (χ0) is 27.1. The third-order valence-corrected chi connectivity index (χ3v) is 12.0. The lowest BCUT2D eigenvalue weighted by Gasteiger charge is -2.39. The van der Waals surface area contributed by atoms with Crippen molar-refractivity contribution in [3.8, 4) is 0 Å². The summed E-state index contributed by atoms with van der Waals surface area (Å²) in [5.74, 6) is 0. The number of hydrogen-bond donors (Lipinski definition) is 0. The number of unbranched alkanes of at least 4 members (excludes halogenated alkanes) is 4. The molecule has 0 atom stereocenters. The molecule has 0 N–H and O–H groups in total. The van der Waals surface area contributed by atoms with Gasteiger partial charge in [0, 0.05) is 0 Å². The highest BCUT2D eigenvalue weighted by Gasteiger charge is 2.35. The first-order valence-electron chi connectivity index (χ1n) is 14.8. The molecule has 0 aromatic carbocycles. The van der Waals surface area contributed by atoms with E-state index < -0.39 is 6.15 Å². The van der Waals surface area contributed by atoms with E-state index in [1.54, 1.807) is 0 Å². The summed E-state index contributed by atoms with van der Waals surface area (Å²) in [6.07, 6.45) is 10.1. The largest absolute Gasteiger partial charge is 0.324 e. The maximum Gasteiger partial charge on any atom is 0.149 e. The number of thiophene rings is 4. The highest BCUT2D eigenvalue weighted by Crippen LogP contribution is 2.19. The van der Waals surface area contributed by atoms with Gasteiger partial charge in [0.2, 0.25) is 0 Å². The van der Waals surface area contributed by atoms with Gasteiger partial charge in [-0.1, -0.05) is 102 Å². The van der Waals surface area contributed by atoms with Crippen molar-refractivity contribution in [3.63, 3.8) is 0 Å². The first-order chi connectivity index (χ1) is 18.7. The van der Waals surface area contributed by atoms with E-state index in [0.29, 0.717) is 0 Å². The minimum Gasteiger partial charge on any atom is -0.324 e. The van der Waals surface area contributed by atoms with E-state index in [-0.39, 0.29) is 0 Å². The molecule has 0 unspecified atom stereocenters. The Morgan fingerprint density at radius 3 is 0.921 bits per heavy atom. The quantitative estimate of drug-likeness (QED) is 0.0916. The van der Waals surface area contributed by atoms with Crippen LogP contribution in [-0.2, 0) is 0 Å². The van der Waals surface area contributed by atoms with E-state index in [1.165, 1.54) is 101 Å². The lowest BCUT2D eigenvalue weighted by atomic mass is 9.22. The summed E-state index contributed by atoms with van der Waals surface area (Å²) in [5.41, 5.74) is 0. The molecule has 4 aromatic rings. The summed E-state index contributed by atoms with van der Waals surface area (Å²) in [5, 5.41) is 8.78. The number of hydrogen-bond acceptors (Lipinski definition) is 4. The van der Waals surface area contributed by atoms with Crippen molar-refractivity contribution in [1.29, 1.82) is 0 Å². The Morgan fingerprint density at radius 1 is 0.474 bits per heavy atom. The third kappa shape index (κ3) is 7.94. The molecule has 0 amide bonds. The Kier molecular flexibility index (Phi) is 13.9. The van der Waals surface area contributed by atoms with Gasteiger partial charge in [-0.05, 0) is 47.2 Å². The molecule has 6 heteroatoms. The second kappa shape index (κ2) is 16.8. The van der Waals surface area contributed by atoms with E-state index in [9.17, 15) is 0 Å². The molecule has 4 aromatic heterocycles. The lowest BCUT2D eigenvalue weighted by Crippen LogP contribution is -2.71. The van der Waals surface area contributed by atoms with Crippen LogP contribution in [0.25, 0.3) is 0 Å².